The molecule has 1 amide bonds. The van der Waals surface area contributed by atoms with Crippen LogP contribution < -0.4 is 5.32 Å². The van der Waals surface area contributed by atoms with Crippen LogP contribution >= 0.6 is 0 Å². The van der Waals surface area contributed by atoms with Crippen molar-refractivity contribution in [2.45, 2.75) is 32.7 Å². The summed E-state index contributed by atoms with van der Waals surface area (Å²) in [4.78, 5) is 15.6. The molecule has 148 valence electrons. The van der Waals surface area contributed by atoms with Crippen molar-refractivity contribution in [3.63, 3.8) is 0 Å². The molecular weight excluding hydrogens is 367 g/mol. The number of rotatable bonds is 7. The number of carbonyl (C=O) groups is 1. The molecule has 4 rings (SSSR count). The number of hydrogen-bond donors (Lipinski definition) is 2. The second-order valence-corrected chi connectivity index (χ2v) is 7.18. The lowest BCUT2D eigenvalue weighted by atomic mass is 10.1. The Hall–Kier alpha value is -3.41. The van der Waals surface area contributed by atoms with E-state index in [1.807, 2.05) is 31.3 Å². The SMILES string of the molecule is Cc1cc(NC(=O)CCCc2c[nH]c3ccccc23)nn1Cc1ccccc1F. The average Bonchev–Trinajstić information content (AvgIpc) is 3.27. The van der Waals surface area contributed by atoms with Gasteiger partial charge in [0.2, 0.25) is 5.91 Å². The third-order valence-electron chi connectivity index (χ3n) is 5.05. The maximum atomic E-state index is 13.9. The van der Waals surface area contributed by atoms with E-state index in [4.69, 9.17) is 0 Å². The number of aryl methyl sites for hydroxylation is 2. The number of aromatic nitrogens is 3. The van der Waals surface area contributed by atoms with Crippen LogP contribution in [0.1, 0.15) is 29.7 Å². The van der Waals surface area contributed by atoms with Gasteiger partial charge < -0.3 is 10.3 Å². The monoisotopic (exact) mass is 390 g/mol. The molecule has 2 aromatic carbocycles. The molecule has 0 aliphatic heterocycles. The van der Waals surface area contributed by atoms with Gasteiger partial charge in [-0.15, -0.1) is 0 Å². The first-order chi connectivity index (χ1) is 14.1. The molecule has 0 fully saturated rings. The summed E-state index contributed by atoms with van der Waals surface area (Å²) in [6, 6.07) is 16.6. The molecule has 6 heteroatoms. The Morgan fingerprint density at radius 3 is 2.79 bits per heavy atom. The highest BCUT2D eigenvalue weighted by Crippen LogP contribution is 2.20. The molecule has 0 radical (unpaired) electrons. The fourth-order valence-electron chi connectivity index (χ4n) is 3.50. The average molecular weight is 390 g/mol. The summed E-state index contributed by atoms with van der Waals surface area (Å²) < 4.78 is 15.6. The van der Waals surface area contributed by atoms with E-state index < -0.39 is 0 Å². The van der Waals surface area contributed by atoms with Crippen LogP contribution in [0.3, 0.4) is 0 Å². The van der Waals surface area contributed by atoms with Crippen LogP contribution in [-0.4, -0.2) is 20.7 Å². The van der Waals surface area contributed by atoms with E-state index in [2.05, 4.69) is 21.5 Å². The van der Waals surface area contributed by atoms with Gasteiger partial charge in [0, 0.05) is 40.8 Å². The number of hydrogen-bond acceptors (Lipinski definition) is 2. The highest BCUT2D eigenvalue weighted by molar-refractivity contribution is 5.89. The van der Waals surface area contributed by atoms with Crippen molar-refractivity contribution in [3.8, 4) is 0 Å². The minimum Gasteiger partial charge on any atom is -0.361 e. The van der Waals surface area contributed by atoms with E-state index in [1.54, 1.807) is 28.9 Å². The van der Waals surface area contributed by atoms with E-state index in [0.717, 1.165) is 24.1 Å². The van der Waals surface area contributed by atoms with Gasteiger partial charge in [-0.2, -0.15) is 5.10 Å². The van der Waals surface area contributed by atoms with Gasteiger partial charge in [0.05, 0.1) is 6.54 Å². The number of H-pyrrole nitrogens is 1. The molecule has 0 aliphatic rings. The minimum atomic E-state index is -0.259. The molecule has 0 spiro atoms. The second kappa shape index (κ2) is 8.31. The fourth-order valence-corrected chi connectivity index (χ4v) is 3.50. The molecule has 5 nitrogen and oxygen atoms in total. The van der Waals surface area contributed by atoms with E-state index in [-0.39, 0.29) is 11.7 Å². The third kappa shape index (κ3) is 4.37. The first-order valence-electron chi connectivity index (χ1n) is 9.73. The van der Waals surface area contributed by atoms with Gasteiger partial charge in [-0.25, -0.2) is 4.39 Å². The van der Waals surface area contributed by atoms with Gasteiger partial charge in [-0.3, -0.25) is 9.48 Å². The van der Waals surface area contributed by atoms with Crippen molar-refractivity contribution in [2.75, 3.05) is 5.32 Å². The number of anilines is 1. The van der Waals surface area contributed by atoms with Gasteiger partial charge >= 0.3 is 0 Å². The molecule has 0 saturated carbocycles. The fraction of sp³-hybridized carbons (Fsp3) is 0.217. The van der Waals surface area contributed by atoms with Crippen LogP contribution in [0.2, 0.25) is 0 Å². The minimum absolute atomic E-state index is 0.0691. The zero-order chi connectivity index (χ0) is 20.2. The van der Waals surface area contributed by atoms with Gasteiger partial charge in [0.15, 0.2) is 5.82 Å². The molecule has 29 heavy (non-hydrogen) atoms. The Bertz CT molecular complexity index is 1140. The number of fused-ring (bicyclic) bond motifs is 1. The Morgan fingerprint density at radius 2 is 1.93 bits per heavy atom. The van der Waals surface area contributed by atoms with Gasteiger partial charge in [0.25, 0.3) is 0 Å². The molecule has 0 atom stereocenters. The quantitative estimate of drug-likeness (QED) is 0.475. The number of carbonyl (C=O) groups excluding carboxylic acids is 1. The zero-order valence-electron chi connectivity index (χ0n) is 16.3. The van der Waals surface area contributed by atoms with E-state index >= 15 is 0 Å². The Kier molecular flexibility index (Phi) is 5.42. The van der Waals surface area contributed by atoms with Crippen molar-refractivity contribution in [3.05, 3.63) is 83.4 Å². The van der Waals surface area contributed by atoms with Crippen molar-refractivity contribution >= 4 is 22.6 Å². The molecule has 2 aromatic heterocycles. The molecule has 0 unspecified atom stereocenters. The largest absolute Gasteiger partial charge is 0.361 e. The van der Waals surface area contributed by atoms with Crippen LogP contribution in [0.5, 0.6) is 0 Å². The van der Waals surface area contributed by atoms with E-state index in [9.17, 15) is 9.18 Å². The van der Waals surface area contributed by atoms with E-state index in [0.29, 0.717) is 24.3 Å². The predicted molar refractivity (Wildman–Crippen MR) is 112 cm³/mol. The lowest BCUT2D eigenvalue weighted by molar-refractivity contribution is -0.116. The van der Waals surface area contributed by atoms with Crippen molar-refractivity contribution in [1.82, 2.24) is 14.8 Å². The molecular formula is C23H23FN4O. The number of halogens is 1. The molecule has 2 heterocycles. The smallest absolute Gasteiger partial charge is 0.225 e. The molecule has 0 aliphatic carbocycles. The summed E-state index contributed by atoms with van der Waals surface area (Å²) in [5.41, 5.74) is 3.76. The Morgan fingerprint density at radius 1 is 1.14 bits per heavy atom. The Balaban J connectivity index is 1.32. The van der Waals surface area contributed by atoms with Crippen LogP contribution in [0.15, 0.2) is 60.8 Å². The number of nitrogens with zero attached hydrogens (tertiary/aromatic N) is 2. The number of aromatic amines is 1. The highest BCUT2D eigenvalue weighted by atomic mass is 19.1. The zero-order valence-corrected chi connectivity index (χ0v) is 16.3. The summed E-state index contributed by atoms with van der Waals surface area (Å²) in [5, 5.41) is 8.45. The number of benzene rings is 2. The first-order valence-corrected chi connectivity index (χ1v) is 9.73. The predicted octanol–water partition coefficient (Wildman–Crippen LogP) is 4.82. The van der Waals surface area contributed by atoms with Crippen molar-refractivity contribution in [2.24, 2.45) is 0 Å². The van der Waals surface area contributed by atoms with E-state index in [1.165, 1.54) is 17.0 Å². The van der Waals surface area contributed by atoms with Crippen LogP contribution in [0.4, 0.5) is 10.2 Å². The summed E-state index contributed by atoms with van der Waals surface area (Å²) in [7, 11) is 0. The van der Waals surface area contributed by atoms with Crippen molar-refractivity contribution in [1.29, 1.82) is 0 Å². The molecule has 2 N–H and O–H groups in total. The number of nitrogens with one attached hydrogen (secondary N) is 2. The van der Waals surface area contributed by atoms with Gasteiger partial charge in [0.1, 0.15) is 5.82 Å². The van der Waals surface area contributed by atoms with Crippen LogP contribution in [0.25, 0.3) is 10.9 Å². The topological polar surface area (TPSA) is 62.7 Å². The van der Waals surface area contributed by atoms with Gasteiger partial charge in [-0.1, -0.05) is 36.4 Å². The summed E-state index contributed by atoms with van der Waals surface area (Å²) in [6.45, 7) is 2.22. The van der Waals surface area contributed by atoms with Gasteiger partial charge in [-0.05, 0) is 37.5 Å². The molecule has 4 aromatic rings. The number of amides is 1. The Labute approximate surface area is 168 Å². The lowest BCUT2D eigenvalue weighted by Gasteiger charge is -2.05. The summed E-state index contributed by atoms with van der Waals surface area (Å²) in [5.74, 6) is 0.168. The van der Waals surface area contributed by atoms with Crippen LogP contribution in [0, 0.1) is 12.7 Å². The van der Waals surface area contributed by atoms with Crippen molar-refractivity contribution < 1.29 is 9.18 Å². The lowest BCUT2D eigenvalue weighted by Crippen LogP contribution is -2.12. The normalized spacial score (nSPS) is 11.1. The number of para-hydroxylation sites is 1. The highest BCUT2D eigenvalue weighted by Gasteiger charge is 2.11. The summed E-state index contributed by atoms with van der Waals surface area (Å²) in [6.07, 6.45) is 4.01. The summed E-state index contributed by atoms with van der Waals surface area (Å²) >= 11 is 0. The maximum absolute atomic E-state index is 13.9. The standard InChI is InChI=1S/C23H23FN4O/c1-16-13-22(27-28(16)15-18-7-2-4-10-20(18)24)26-23(29)12-6-8-17-14-25-21-11-5-3-9-19(17)21/h2-5,7,9-11,13-14,25H,6,8,12,15H2,1H3,(H,26,27,29). The maximum Gasteiger partial charge on any atom is 0.225 e. The molecule has 0 saturated heterocycles. The molecule has 0 bridgehead atoms. The third-order valence-corrected chi connectivity index (χ3v) is 5.05. The second-order valence-electron chi connectivity index (χ2n) is 7.18. The first kappa shape index (κ1) is 18.9. The van der Waals surface area contributed by atoms with Crippen LogP contribution in [-0.2, 0) is 17.8 Å².